The van der Waals surface area contributed by atoms with E-state index >= 15 is 0 Å². The lowest BCUT2D eigenvalue weighted by Crippen LogP contribution is -2.47. The Balaban J connectivity index is 1.62. The summed E-state index contributed by atoms with van der Waals surface area (Å²) in [7, 11) is 0. The molecule has 3 aliphatic rings. The van der Waals surface area contributed by atoms with Crippen LogP contribution in [0.5, 0.6) is 0 Å². The number of ether oxygens (including phenoxy) is 1. The summed E-state index contributed by atoms with van der Waals surface area (Å²) in [6.07, 6.45) is 6.89. The minimum Gasteiger partial charge on any atom is -0.481 e. The Hall–Kier alpha value is -2.35. The second kappa shape index (κ2) is 8.18. The van der Waals surface area contributed by atoms with Gasteiger partial charge in [-0.05, 0) is 62.0 Å². The van der Waals surface area contributed by atoms with Gasteiger partial charge in [0.15, 0.2) is 0 Å². The molecule has 0 amide bonds. The summed E-state index contributed by atoms with van der Waals surface area (Å²) in [4.78, 5) is 13.5. The zero-order valence-corrected chi connectivity index (χ0v) is 17.3. The highest BCUT2D eigenvalue weighted by Crippen LogP contribution is 2.41. The lowest BCUT2D eigenvalue weighted by molar-refractivity contribution is -0.137. The van der Waals surface area contributed by atoms with Crippen molar-refractivity contribution in [1.29, 1.82) is 0 Å². The van der Waals surface area contributed by atoms with Crippen molar-refractivity contribution in [2.24, 2.45) is 5.92 Å². The van der Waals surface area contributed by atoms with Gasteiger partial charge in [0, 0.05) is 25.0 Å². The maximum Gasteiger partial charge on any atom is 0.303 e. The molecule has 2 unspecified atom stereocenters. The molecule has 0 aromatic heterocycles. The molecule has 1 aromatic carbocycles. The number of benzene rings is 1. The number of piperidine rings is 1. The predicted molar refractivity (Wildman–Crippen MR) is 114 cm³/mol. The molecule has 0 radical (unpaired) electrons. The van der Waals surface area contributed by atoms with Gasteiger partial charge in [0.1, 0.15) is 0 Å². The zero-order chi connectivity index (χ0) is 20.4. The number of allylic oxidation sites excluding steroid dienone is 1. The van der Waals surface area contributed by atoms with Crippen LogP contribution in [0.25, 0.3) is 5.57 Å². The van der Waals surface area contributed by atoms with Crippen LogP contribution in [0.3, 0.4) is 0 Å². The maximum atomic E-state index is 11.0. The van der Waals surface area contributed by atoms with Crippen LogP contribution >= 0.6 is 0 Å². The van der Waals surface area contributed by atoms with E-state index in [-0.39, 0.29) is 24.0 Å². The third-order valence-corrected chi connectivity index (χ3v) is 6.54. The lowest BCUT2D eigenvalue weighted by atomic mass is 9.80. The molecule has 4 heteroatoms. The lowest BCUT2D eigenvalue weighted by Gasteiger charge is -2.42. The van der Waals surface area contributed by atoms with E-state index in [1.165, 1.54) is 22.3 Å². The first kappa shape index (κ1) is 19.9. The van der Waals surface area contributed by atoms with E-state index in [1.54, 1.807) is 0 Å². The first-order valence-corrected chi connectivity index (χ1v) is 10.5. The fraction of sp³-hybridized carbons (Fsp3) is 0.480. The molecule has 1 fully saturated rings. The van der Waals surface area contributed by atoms with E-state index < -0.39 is 5.97 Å². The summed E-state index contributed by atoms with van der Waals surface area (Å²) in [5, 5.41) is 9.06. The number of hydrogen-bond acceptors (Lipinski definition) is 3. The fourth-order valence-electron chi connectivity index (χ4n) is 4.76. The predicted octanol–water partition coefficient (Wildman–Crippen LogP) is 4.27. The number of likely N-dealkylation sites (tertiary alicyclic amines) is 1. The van der Waals surface area contributed by atoms with E-state index in [0.717, 1.165) is 25.9 Å². The zero-order valence-electron chi connectivity index (χ0n) is 17.3. The number of fused-ring (bicyclic) bond motifs is 2. The molecule has 29 heavy (non-hydrogen) atoms. The Morgan fingerprint density at radius 3 is 2.79 bits per heavy atom. The second-order valence-electron chi connectivity index (χ2n) is 8.77. The third kappa shape index (κ3) is 4.17. The summed E-state index contributed by atoms with van der Waals surface area (Å²) in [6.45, 7) is 6.85. The smallest absolute Gasteiger partial charge is 0.303 e. The van der Waals surface area contributed by atoms with E-state index in [1.807, 2.05) is 6.08 Å². The molecule has 4 rings (SSSR count). The largest absolute Gasteiger partial charge is 0.481 e. The molecule has 2 atom stereocenters. The molecule has 1 aliphatic carbocycles. The van der Waals surface area contributed by atoms with Gasteiger partial charge in [0.25, 0.3) is 0 Å². The van der Waals surface area contributed by atoms with Crippen LogP contribution in [0.4, 0.5) is 0 Å². The van der Waals surface area contributed by atoms with Crippen LogP contribution in [0, 0.1) is 17.8 Å². The van der Waals surface area contributed by atoms with Gasteiger partial charge >= 0.3 is 5.97 Å². The van der Waals surface area contributed by atoms with Crippen molar-refractivity contribution < 1.29 is 14.6 Å². The molecule has 0 spiro atoms. The molecule has 152 valence electrons. The minimum absolute atomic E-state index is 0.0104. The standard InChI is InChI=1S/C25H29NO3/c1-25(2,14-11-23(27)28)26-15-12-18(13-16-26)24-20-8-4-3-7-19(20)17-29-22-10-6-5-9-21(22)24/h3-4,6-8,10,21-22H,11-17H2,1-2H3,(H,27,28). The summed E-state index contributed by atoms with van der Waals surface area (Å²) in [5.41, 5.74) is 5.27. The summed E-state index contributed by atoms with van der Waals surface area (Å²) < 4.78 is 6.19. The molecule has 1 N–H and O–H groups in total. The highest BCUT2D eigenvalue weighted by molar-refractivity contribution is 5.77. The topological polar surface area (TPSA) is 49.8 Å². The van der Waals surface area contributed by atoms with E-state index in [4.69, 9.17) is 9.84 Å². The summed E-state index contributed by atoms with van der Waals surface area (Å²) in [6, 6.07) is 8.56. The molecular formula is C25H29NO3. The van der Waals surface area contributed by atoms with Gasteiger partial charge in [-0.3, -0.25) is 9.69 Å². The second-order valence-corrected chi connectivity index (χ2v) is 8.77. The monoisotopic (exact) mass is 391 g/mol. The van der Waals surface area contributed by atoms with Crippen LogP contribution in [0.2, 0.25) is 0 Å². The minimum atomic E-state index is -0.720. The van der Waals surface area contributed by atoms with E-state index in [0.29, 0.717) is 13.0 Å². The van der Waals surface area contributed by atoms with Gasteiger partial charge in [-0.25, -0.2) is 0 Å². The van der Waals surface area contributed by atoms with Crippen LogP contribution in [0.15, 0.2) is 42.0 Å². The van der Waals surface area contributed by atoms with E-state index in [2.05, 4.69) is 60.9 Å². The number of carbonyl (C=O) groups is 1. The number of nitrogens with zero attached hydrogens (tertiary/aromatic N) is 1. The number of hydrogen-bond donors (Lipinski definition) is 1. The van der Waals surface area contributed by atoms with Crippen molar-refractivity contribution in [2.45, 2.75) is 57.8 Å². The molecular weight excluding hydrogens is 362 g/mol. The number of carboxylic acid groups (broad SMARTS) is 1. The van der Waals surface area contributed by atoms with Gasteiger partial charge in [0.2, 0.25) is 0 Å². The Morgan fingerprint density at radius 2 is 2.03 bits per heavy atom. The average Bonchev–Trinajstić information content (AvgIpc) is 2.89. The molecule has 1 aromatic rings. The van der Waals surface area contributed by atoms with Crippen LogP contribution in [-0.4, -0.2) is 40.7 Å². The van der Waals surface area contributed by atoms with E-state index in [9.17, 15) is 4.79 Å². The van der Waals surface area contributed by atoms with Crippen molar-refractivity contribution in [3.8, 4) is 11.8 Å². The molecule has 2 heterocycles. The normalized spacial score (nSPS) is 24.2. The van der Waals surface area contributed by atoms with Gasteiger partial charge < -0.3 is 9.84 Å². The number of rotatable bonds is 4. The first-order chi connectivity index (χ1) is 14.0. The molecule has 1 saturated heterocycles. The first-order valence-electron chi connectivity index (χ1n) is 10.5. The van der Waals surface area contributed by atoms with Crippen molar-refractivity contribution >= 4 is 11.5 Å². The number of aliphatic carboxylic acids is 1. The van der Waals surface area contributed by atoms with Gasteiger partial charge in [-0.2, -0.15) is 0 Å². The van der Waals surface area contributed by atoms with Crippen LogP contribution < -0.4 is 0 Å². The van der Waals surface area contributed by atoms with Gasteiger partial charge in [-0.15, -0.1) is 0 Å². The fourth-order valence-corrected chi connectivity index (χ4v) is 4.76. The summed E-state index contributed by atoms with van der Waals surface area (Å²) >= 11 is 0. The Labute approximate surface area is 173 Å². The molecule has 2 aliphatic heterocycles. The quantitative estimate of drug-likeness (QED) is 0.779. The average molecular weight is 392 g/mol. The van der Waals surface area contributed by atoms with Crippen molar-refractivity contribution in [1.82, 2.24) is 4.90 Å². The van der Waals surface area contributed by atoms with Crippen molar-refractivity contribution in [2.75, 3.05) is 13.1 Å². The Kier molecular flexibility index (Phi) is 5.63. The molecule has 4 nitrogen and oxygen atoms in total. The van der Waals surface area contributed by atoms with Crippen molar-refractivity contribution in [3.63, 3.8) is 0 Å². The Morgan fingerprint density at radius 1 is 1.28 bits per heavy atom. The highest BCUT2D eigenvalue weighted by atomic mass is 16.5. The highest BCUT2D eigenvalue weighted by Gasteiger charge is 2.34. The van der Waals surface area contributed by atoms with Crippen LogP contribution in [-0.2, 0) is 16.1 Å². The van der Waals surface area contributed by atoms with Gasteiger partial charge in [0.05, 0.1) is 18.6 Å². The maximum absolute atomic E-state index is 11.0. The summed E-state index contributed by atoms with van der Waals surface area (Å²) in [5.74, 6) is 5.95. The molecule has 0 saturated carbocycles. The third-order valence-electron chi connectivity index (χ3n) is 6.54. The molecule has 0 bridgehead atoms. The van der Waals surface area contributed by atoms with Crippen molar-refractivity contribution in [3.05, 3.63) is 53.1 Å². The van der Waals surface area contributed by atoms with Crippen LogP contribution in [0.1, 0.15) is 50.7 Å². The van der Waals surface area contributed by atoms with Gasteiger partial charge in [-0.1, -0.05) is 41.7 Å². The Bertz CT molecular complexity index is 905. The number of carboxylic acids is 1. The SMILES string of the molecule is CC(C)(CCC(=O)O)N1CCC(=C2c3ccccc3COC3C=CC#CC23)CC1.